The zero-order valence-electron chi connectivity index (χ0n) is 12.0. The van der Waals surface area contributed by atoms with Crippen LogP contribution in [0, 0.1) is 11.3 Å². The molecule has 106 valence electrons. The van der Waals surface area contributed by atoms with Gasteiger partial charge in [0.25, 0.3) is 0 Å². The predicted octanol–water partition coefficient (Wildman–Crippen LogP) is 1.29. The van der Waals surface area contributed by atoms with E-state index in [-0.39, 0.29) is 24.0 Å². The van der Waals surface area contributed by atoms with E-state index in [1.54, 1.807) is 0 Å². The average molecular weight is 256 g/mol. The number of aliphatic hydroxyl groups is 1. The predicted molar refractivity (Wildman–Crippen MR) is 73.3 cm³/mol. The van der Waals surface area contributed by atoms with Gasteiger partial charge >= 0.3 is 0 Å². The van der Waals surface area contributed by atoms with Crippen LogP contribution in [-0.4, -0.2) is 36.8 Å². The Morgan fingerprint density at radius 3 is 2.67 bits per heavy atom. The molecule has 1 aliphatic rings. The summed E-state index contributed by atoms with van der Waals surface area (Å²) in [7, 11) is 0. The van der Waals surface area contributed by atoms with Crippen LogP contribution >= 0.6 is 0 Å². The van der Waals surface area contributed by atoms with Gasteiger partial charge in [-0.15, -0.1) is 0 Å². The van der Waals surface area contributed by atoms with Crippen LogP contribution in [0.15, 0.2) is 0 Å². The second-order valence-corrected chi connectivity index (χ2v) is 5.90. The smallest absolute Gasteiger partial charge is 0.227 e. The summed E-state index contributed by atoms with van der Waals surface area (Å²) in [4.78, 5) is 12.4. The molecule has 0 aliphatic carbocycles. The Hall–Kier alpha value is -0.610. The Kier molecular flexibility index (Phi) is 6.09. The number of piperidine rings is 1. The van der Waals surface area contributed by atoms with Crippen molar-refractivity contribution in [1.82, 2.24) is 10.6 Å². The fourth-order valence-corrected chi connectivity index (χ4v) is 2.71. The molecule has 4 heteroatoms. The molecule has 2 unspecified atom stereocenters. The van der Waals surface area contributed by atoms with Crippen LogP contribution in [0.25, 0.3) is 0 Å². The van der Waals surface area contributed by atoms with Gasteiger partial charge in [-0.2, -0.15) is 0 Å². The topological polar surface area (TPSA) is 61.4 Å². The maximum atomic E-state index is 12.4. The van der Waals surface area contributed by atoms with Gasteiger partial charge in [0.1, 0.15) is 0 Å². The van der Waals surface area contributed by atoms with Gasteiger partial charge in [0.2, 0.25) is 5.91 Å². The first-order valence-corrected chi connectivity index (χ1v) is 7.16. The summed E-state index contributed by atoms with van der Waals surface area (Å²) in [6.45, 7) is 8.07. The SMILES string of the molecule is CCC1(C(=O)NC(CO)CC(C)C)CCCNC1. The van der Waals surface area contributed by atoms with Crippen molar-refractivity contribution < 1.29 is 9.90 Å². The molecule has 1 fully saturated rings. The minimum Gasteiger partial charge on any atom is -0.394 e. The number of aliphatic hydroxyl groups excluding tert-OH is 1. The van der Waals surface area contributed by atoms with Crippen LogP contribution in [0.2, 0.25) is 0 Å². The van der Waals surface area contributed by atoms with E-state index in [0.717, 1.165) is 38.8 Å². The number of rotatable bonds is 6. The van der Waals surface area contributed by atoms with Crippen molar-refractivity contribution in [3.8, 4) is 0 Å². The molecule has 1 aliphatic heterocycles. The first kappa shape index (κ1) is 15.4. The van der Waals surface area contributed by atoms with Crippen molar-refractivity contribution >= 4 is 5.91 Å². The third-order valence-corrected chi connectivity index (χ3v) is 3.94. The Morgan fingerprint density at radius 2 is 2.22 bits per heavy atom. The second-order valence-electron chi connectivity index (χ2n) is 5.90. The molecule has 1 heterocycles. The van der Waals surface area contributed by atoms with E-state index in [1.165, 1.54) is 0 Å². The van der Waals surface area contributed by atoms with Crippen LogP contribution in [-0.2, 0) is 4.79 Å². The molecule has 18 heavy (non-hydrogen) atoms. The quantitative estimate of drug-likeness (QED) is 0.671. The van der Waals surface area contributed by atoms with Crippen LogP contribution in [0.3, 0.4) is 0 Å². The van der Waals surface area contributed by atoms with Gasteiger partial charge in [0, 0.05) is 6.54 Å². The zero-order valence-corrected chi connectivity index (χ0v) is 12.0. The van der Waals surface area contributed by atoms with Crippen LogP contribution in [0.1, 0.15) is 46.5 Å². The van der Waals surface area contributed by atoms with Crippen molar-refractivity contribution in [1.29, 1.82) is 0 Å². The first-order valence-electron chi connectivity index (χ1n) is 7.16. The van der Waals surface area contributed by atoms with Gasteiger partial charge in [-0.05, 0) is 38.1 Å². The lowest BCUT2D eigenvalue weighted by molar-refractivity contribution is -0.133. The van der Waals surface area contributed by atoms with Crippen LogP contribution in [0.5, 0.6) is 0 Å². The Balaban J connectivity index is 2.60. The monoisotopic (exact) mass is 256 g/mol. The van der Waals surface area contributed by atoms with Gasteiger partial charge < -0.3 is 15.7 Å². The molecular weight excluding hydrogens is 228 g/mol. The van der Waals surface area contributed by atoms with Crippen molar-refractivity contribution in [3.63, 3.8) is 0 Å². The molecule has 3 N–H and O–H groups in total. The summed E-state index contributed by atoms with van der Waals surface area (Å²) in [6, 6.07) is -0.108. The van der Waals surface area contributed by atoms with E-state index in [0.29, 0.717) is 5.92 Å². The fraction of sp³-hybridized carbons (Fsp3) is 0.929. The Morgan fingerprint density at radius 1 is 1.50 bits per heavy atom. The highest BCUT2D eigenvalue weighted by Gasteiger charge is 2.38. The fourth-order valence-electron chi connectivity index (χ4n) is 2.71. The molecule has 0 aromatic heterocycles. The van der Waals surface area contributed by atoms with Gasteiger partial charge in [0.05, 0.1) is 18.1 Å². The summed E-state index contributed by atoms with van der Waals surface area (Å²) in [5, 5.41) is 15.7. The lowest BCUT2D eigenvalue weighted by Gasteiger charge is -2.36. The zero-order chi connectivity index (χ0) is 13.6. The third-order valence-electron chi connectivity index (χ3n) is 3.94. The molecule has 1 saturated heterocycles. The Labute approximate surface area is 111 Å². The molecule has 1 rings (SSSR count). The molecule has 0 spiro atoms. The highest BCUT2D eigenvalue weighted by molar-refractivity contribution is 5.83. The summed E-state index contributed by atoms with van der Waals surface area (Å²) >= 11 is 0. The molecule has 2 atom stereocenters. The molecule has 1 amide bonds. The van der Waals surface area contributed by atoms with E-state index in [2.05, 4.69) is 31.4 Å². The number of hydrogen-bond acceptors (Lipinski definition) is 3. The van der Waals surface area contributed by atoms with Gasteiger partial charge in [-0.1, -0.05) is 20.8 Å². The Bertz CT molecular complexity index is 261. The normalized spacial score (nSPS) is 26.1. The minimum absolute atomic E-state index is 0.0249. The standard InChI is InChI=1S/C14H28N2O2/c1-4-14(6-5-7-15-10-14)13(18)16-12(9-17)8-11(2)3/h11-12,15,17H,4-10H2,1-3H3,(H,16,18). The van der Waals surface area contributed by atoms with Crippen molar-refractivity contribution in [2.24, 2.45) is 11.3 Å². The van der Waals surface area contributed by atoms with Crippen molar-refractivity contribution in [2.75, 3.05) is 19.7 Å². The lowest BCUT2D eigenvalue weighted by atomic mass is 9.77. The summed E-state index contributed by atoms with van der Waals surface area (Å²) in [5.41, 5.74) is -0.275. The first-order chi connectivity index (χ1) is 8.54. The minimum atomic E-state index is -0.275. The largest absolute Gasteiger partial charge is 0.394 e. The van der Waals surface area contributed by atoms with E-state index >= 15 is 0 Å². The number of hydrogen-bond donors (Lipinski definition) is 3. The van der Waals surface area contributed by atoms with E-state index in [1.807, 2.05) is 0 Å². The van der Waals surface area contributed by atoms with Crippen LogP contribution < -0.4 is 10.6 Å². The average Bonchev–Trinajstić information content (AvgIpc) is 2.38. The number of carbonyl (C=O) groups is 1. The highest BCUT2D eigenvalue weighted by atomic mass is 16.3. The molecule has 4 nitrogen and oxygen atoms in total. The van der Waals surface area contributed by atoms with E-state index < -0.39 is 0 Å². The van der Waals surface area contributed by atoms with E-state index in [9.17, 15) is 9.90 Å². The summed E-state index contributed by atoms with van der Waals surface area (Å²) < 4.78 is 0. The molecular formula is C14H28N2O2. The summed E-state index contributed by atoms with van der Waals surface area (Å²) in [5.74, 6) is 0.585. The molecule has 0 saturated carbocycles. The molecule has 0 aromatic carbocycles. The van der Waals surface area contributed by atoms with Crippen LogP contribution in [0.4, 0.5) is 0 Å². The summed E-state index contributed by atoms with van der Waals surface area (Å²) in [6.07, 6.45) is 3.68. The number of nitrogens with one attached hydrogen (secondary N) is 2. The van der Waals surface area contributed by atoms with E-state index in [4.69, 9.17) is 0 Å². The lowest BCUT2D eigenvalue weighted by Crippen LogP contribution is -2.53. The highest BCUT2D eigenvalue weighted by Crippen LogP contribution is 2.30. The maximum Gasteiger partial charge on any atom is 0.227 e. The van der Waals surface area contributed by atoms with Gasteiger partial charge in [-0.3, -0.25) is 4.79 Å². The van der Waals surface area contributed by atoms with Crippen molar-refractivity contribution in [3.05, 3.63) is 0 Å². The third kappa shape index (κ3) is 3.95. The van der Waals surface area contributed by atoms with Gasteiger partial charge in [-0.25, -0.2) is 0 Å². The molecule has 0 aromatic rings. The second kappa shape index (κ2) is 7.10. The van der Waals surface area contributed by atoms with Crippen molar-refractivity contribution in [2.45, 2.75) is 52.5 Å². The maximum absolute atomic E-state index is 12.4. The van der Waals surface area contributed by atoms with Gasteiger partial charge in [0.15, 0.2) is 0 Å². The molecule has 0 radical (unpaired) electrons. The number of amides is 1. The molecule has 0 bridgehead atoms. The number of carbonyl (C=O) groups excluding carboxylic acids is 1.